The monoisotopic (exact) mass is 430 g/mol. The highest BCUT2D eigenvalue weighted by Gasteiger charge is 2.53. The molecule has 3 fully saturated rings. The Kier molecular flexibility index (Phi) is 5.47. The zero-order valence-electron chi connectivity index (χ0n) is 17.9. The van der Waals surface area contributed by atoms with Gasteiger partial charge in [0.15, 0.2) is 0 Å². The first-order valence-electron chi connectivity index (χ1n) is 11.0. The summed E-state index contributed by atoms with van der Waals surface area (Å²) in [5.41, 5.74) is 2.35. The minimum atomic E-state index is -0.709. The van der Waals surface area contributed by atoms with Crippen molar-refractivity contribution in [1.29, 1.82) is 0 Å². The molecule has 0 aromatic heterocycles. The highest BCUT2D eigenvalue weighted by Crippen LogP contribution is 2.47. The van der Waals surface area contributed by atoms with Gasteiger partial charge < -0.3 is 24.8 Å². The molecule has 1 aromatic carbocycles. The molecular formula is C22H30N4O5. The molecule has 0 aliphatic carbocycles. The first-order chi connectivity index (χ1) is 15.0. The fraction of sp³-hybridized carbons (Fsp3) is 0.636. The number of likely N-dealkylation sites (tertiary alicyclic amines) is 1. The molecule has 7 atom stereocenters. The van der Waals surface area contributed by atoms with Crippen LogP contribution in [0.15, 0.2) is 24.3 Å². The van der Waals surface area contributed by atoms with Crippen LogP contribution in [0.5, 0.6) is 0 Å². The zero-order chi connectivity index (χ0) is 21.7. The maximum absolute atomic E-state index is 13.4. The van der Waals surface area contributed by atoms with Gasteiger partial charge >= 0.3 is 0 Å². The molecule has 0 spiro atoms. The highest BCUT2D eigenvalue weighted by atomic mass is 16.6. The van der Waals surface area contributed by atoms with Crippen LogP contribution >= 0.6 is 0 Å². The lowest BCUT2D eigenvalue weighted by atomic mass is 9.98. The second-order valence-electron chi connectivity index (χ2n) is 8.90. The maximum Gasteiger partial charge on any atom is 0.243 e. The van der Waals surface area contributed by atoms with Crippen molar-refractivity contribution in [2.45, 2.75) is 69.1 Å². The standard InChI is InChI=1S/C22H30N4O5/c1-12(25-10-13-5-3-4-6-15(13)18-22(25)31-18)21(29)26-11-14(27)9-17(26)19(28)24-16-7-8-23-20(16)30-2/h3-6,12,14,16-18,20,22-23,27H,7-11H2,1-2H3,(H,24,28)/t12-,14+,16+,17-,18?,20?,22?/m0/s1. The number of ether oxygens (including phenoxy) is 2. The Morgan fingerprint density at radius 1 is 1.35 bits per heavy atom. The summed E-state index contributed by atoms with van der Waals surface area (Å²) in [6.45, 7) is 3.41. The highest BCUT2D eigenvalue weighted by molar-refractivity contribution is 5.90. The van der Waals surface area contributed by atoms with Gasteiger partial charge in [-0.1, -0.05) is 24.3 Å². The van der Waals surface area contributed by atoms with Gasteiger partial charge in [0.05, 0.1) is 18.2 Å². The number of epoxide rings is 1. The van der Waals surface area contributed by atoms with Gasteiger partial charge in [0.1, 0.15) is 24.6 Å². The molecule has 2 amide bonds. The summed E-state index contributed by atoms with van der Waals surface area (Å²) in [6, 6.07) is 6.85. The number of hydrogen-bond acceptors (Lipinski definition) is 7. The number of β-amino-alcohol motifs (C(OH)–C–C–N with tert-alkyl or cyclic N) is 1. The third kappa shape index (κ3) is 3.74. The number of methoxy groups -OCH3 is 1. The SMILES string of the molecule is COC1NCC[C@H]1NC(=O)[C@@H]1C[C@@H](O)CN1C(=O)[C@H](C)N1Cc2ccccc2C2OC21. The van der Waals surface area contributed by atoms with Gasteiger partial charge in [-0.3, -0.25) is 19.8 Å². The van der Waals surface area contributed by atoms with Crippen LogP contribution in [0.3, 0.4) is 0 Å². The number of aliphatic hydroxyl groups is 1. The number of rotatable bonds is 5. The van der Waals surface area contributed by atoms with E-state index in [1.165, 1.54) is 10.5 Å². The van der Waals surface area contributed by atoms with Crippen molar-refractivity contribution in [3.8, 4) is 0 Å². The Bertz CT molecular complexity index is 866. The van der Waals surface area contributed by atoms with Gasteiger partial charge in [-0.15, -0.1) is 0 Å². The second kappa shape index (κ2) is 8.14. The third-order valence-corrected chi connectivity index (χ3v) is 6.98. The smallest absolute Gasteiger partial charge is 0.243 e. The molecule has 0 radical (unpaired) electrons. The lowest BCUT2D eigenvalue weighted by Crippen LogP contribution is -2.55. The molecule has 168 valence electrons. The molecule has 4 aliphatic rings. The second-order valence-corrected chi connectivity index (χ2v) is 8.90. The number of amides is 2. The Morgan fingerprint density at radius 3 is 2.97 bits per heavy atom. The number of carbonyl (C=O) groups excluding carboxylic acids is 2. The van der Waals surface area contributed by atoms with Crippen LogP contribution < -0.4 is 10.6 Å². The molecule has 3 N–H and O–H groups in total. The van der Waals surface area contributed by atoms with E-state index in [0.29, 0.717) is 6.54 Å². The predicted octanol–water partition coefficient (Wildman–Crippen LogP) is -0.299. The van der Waals surface area contributed by atoms with Crippen LogP contribution in [0.4, 0.5) is 0 Å². The van der Waals surface area contributed by atoms with Crippen LogP contribution in [0.2, 0.25) is 0 Å². The van der Waals surface area contributed by atoms with E-state index in [0.717, 1.165) is 18.5 Å². The normalized spacial score (nSPS) is 35.4. The van der Waals surface area contributed by atoms with Gasteiger partial charge in [0.2, 0.25) is 11.8 Å². The molecule has 5 rings (SSSR count). The molecule has 3 saturated heterocycles. The summed E-state index contributed by atoms with van der Waals surface area (Å²) in [6.07, 6.45) is -0.0511. The van der Waals surface area contributed by atoms with E-state index in [4.69, 9.17) is 9.47 Å². The molecule has 4 heterocycles. The lowest BCUT2D eigenvalue weighted by Gasteiger charge is -2.34. The maximum atomic E-state index is 13.4. The molecular weight excluding hydrogens is 400 g/mol. The Labute approximate surface area is 181 Å². The van der Waals surface area contributed by atoms with Crippen LogP contribution in [0.25, 0.3) is 0 Å². The molecule has 9 heteroatoms. The Morgan fingerprint density at radius 2 is 2.16 bits per heavy atom. The van der Waals surface area contributed by atoms with Crippen molar-refractivity contribution in [3.63, 3.8) is 0 Å². The van der Waals surface area contributed by atoms with Gasteiger partial charge in [0.25, 0.3) is 0 Å². The summed E-state index contributed by atoms with van der Waals surface area (Å²) in [4.78, 5) is 30.0. The van der Waals surface area contributed by atoms with E-state index >= 15 is 0 Å². The Balaban J connectivity index is 1.28. The average Bonchev–Trinajstić information content (AvgIpc) is 3.30. The molecule has 31 heavy (non-hydrogen) atoms. The fourth-order valence-electron chi connectivity index (χ4n) is 5.22. The number of nitrogens with one attached hydrogen (secondary N) is 2. The van der Waals surface area contributed by atoms with Gasteiger partial charge in [-0.25, -0.2) is 0 Å². The summed E-state index contributed by atoms with van der Waals surface area (Å²) in [5, 5.41) is 16.5. The van der Waals surface area contributed by atoms with E-state index in [1.807, 2.05) is 19.1 Å². The van der Waals surface area contributed by atoms with E-state index in [1.54, 1.807) is 7.11 Å². The third-order valence-electron chi connectivity index (χ3n) is 6.98. The number of carbonyl (C=O) groups is 2. The van der Waals surface area contributed by atoms with Gasteiger partial charge in [0, 0.05) is 26.6 Å². The van der Waals surface area contributed by atoms with Crippen molar-refractivity contribution >= 4 is 11.8 Å². The molecule has 0 saturated carbocycles. The summed E-state index contributed by atoms with van der Waals surface area (Å²) < 4.78 is 11.2. The van der Waals surface area contributed by atoms with E-state index in [9.17, 15) is 14.7 Å². The van der Waals surface area contributed by atoms with Crippen molar-refractivity contribution in [2.24, 2.45) is 0 Å². The molecule has 0 bridgehead atoms. The van der Waals surface area contributed by atoms with Gasteiger partial charge in [-0.2, -0.15) is 0 Å². The largest absolute Gasteiger partial charge is 0.391 e. The topological polar surface area (TPSA) is 107 Å². The summed E-state index contributed by atoms with van der Waals surface area (Å²) in [7, 11) is 1.60. The van der Waals surface area contributed by atoms with Gasteiger partial charge in [-0.05, 0) is 31.0 Å². The van der Waals surface area contributed by atoms with Crippen molar-refractivity contribution in [2.75, 3.05) is 20.2 Å². The van der Waals surface area contributed by atoms with Crippen molar-refractivity contribution in [1.82, 2.24) is 20.4 Å². The summed E-state index contributed by atoms with van der Waals surface area (Å²) in [5.74, 6) is -0.393. The van der Waals surface area contributed by atoms with Crippen LogP contribution in [-0.2, 0) is 25.6 Å². The van der Waals surface area contributed by atoms with Crippen LogP contribution in [-0.4, -0.2) is 83.6 Å². The number of nitrogens with zero attached hydrogens (tertiary/aromatic N) is 2. The molecule has 9 nitrogen and oxygen atoms in total. The number of hydrogen-bond donors (Lipinski definition) is 3. The van der Waals surface area contributed by atoms with Crippen LogP contribution in [0.1, 0.15) is 37.0 Å². The molecule has 3 unspecified atom stereocenters. The minimum Gasteiger partial charge on any atom is -0.391 e. The van der Waals surface area contributed by atoms with Crippen molar-refractivity contribution in [3.05, 3.63) is 35.4 Å². The number of benzene rings is 1. The van der Waals surface area contributed by atoms with E-state index in [-0.39, 0.29) is 49.4 Å². The number of aliphatic hydroxyl groups excluding tert-OH is 1. The lowest BCUT2D eigenvalue weighted by molar-refractivity contribution is -0.143. The zero-order valence-corrected chi connectivity index (χ0v) is 17.9. The quantitative estimate of drug-likeness (QED) is 0.551. The molecule has 1 aromatic rings. The number of fused-ring (bicyclic) bond motifs is 3. The van der Waals surface area contributed by atoms with Crippen LogP contribution in [0, 0.1) is 0 Å². The minimum absolute atomic E-state index is 0.00399. The molecule has 4 aliphatic heterocycles. The first kappa shape index (κ1) is 20.8. The Hall–Kier alpha value is -2.04. The summed E-state index contributed by atoms with van der Waals surface area (Å²) >= 11 is 0. The van der Waals surface area contributed by atoms with Crippen molar-refractivity contribution < 1.29 is 24.2 Å². The van der Waals surface area contributed by atoms with E-state index in [2.05, 4.69) is 27.7 Å². The predicted molar refractivity (Wildman–Crippen MR) is 111 cm³/mol. The van der Waals surface area contributed by atoms with E-state index < -0.39 is 18.2 Å². The average molecular weight is 431 g/mol. The first-order valence-corrected chi connectivity index (χ1v) is 11.0. The fourth-order valence-corrected chi connectivity index (χ4v) is 5.22.